The molecular formula is C19H17N2O4PS. The largest absolute Gasteiger partial charge is 0.405 e. The Hall–Kier alpha value is -2.60. The summed E-state index contributed by atoms with van der Waals surface area (Å²) in [5.74, 6) is 0. The molecule has 1 aliphatic heterocycles. The van der Waals surface area contributed by atoms with Crippen LogP contribution in [0.15, 0.2) is 77.7 Å². The second kappa shape index (κ2) is 6.23. The summed E-state index contributed by atoms with van der Waals surface area (Å²) in [6, 6.07) is 19.8. The first kappa shape index (κ1) is 17.8. The Kier molecular flexibility index (Phi) is 4.11. The molecule has 0 saturated heterocycles. The summed E-state index contributed by atoms with van der Waals surface area (Å²) in [4.78, 5) is 10.7. The zero-order valence-electron chi connectivity index (χ0n) is 14.4. The number of rotatable bonds is 2. The van der Waals surface area contributed by atoms with E-state index in [2.05, 4.69) is 5.09 Å². The molecule has 0 amide bonds. The van der Waals surface area contributed by atoms with E-state index in [0.29, 0.717) is 20.9 Å². The smallest absolute Gasteiger partial charge is 0.312 e. The van der Waals surface area contributed by atoms with E-state index in [1.54, 1.807) is 54.6 Å². The van der Waals surface area contributed by atoms with Crippen LogP contribution in [0.3, 0.4) is 0 Å². The lowest BCUT2D eigenvalue weighted by molar-refractivity contribution is 0.485. The molecule has 0 aromatic heterocycles. The second-order valence-electron chi connectivity index (χ2n) is 6.28. The molecule has 0 saturated carbocycles. The Labute approximate surface area is 157 Å². The van der Waals surface area contributed by atoms with Gasteiger partial charge in [-0.15, -0.1) is 0 Å². The van der Waals surface area contributed by atoms with E-state index in [1.807, 2.05) is 6.92 Å². The molecule has 0 aliphatic carbocycles. The molecule has 3 aromatic rings. The third kappa shape index (κ3) is 2.94. The van der Waals surface area contributed by atoms with Gasteiger partial charge in [-0.25, -0.2) is 13.0 Å². The van der Waals surface area contributed by atoms with E-state index in [-0.39, 0.29) is 10.6 Å². The minimum atomic E-state index is -4.51. The number of hydrogen-bond acceptors (Lipinski definition) is 3. The maximum atomic E-state index is 13.3. The molecule has 6 nitrogen and oxygen atoms in total. The van der Waals surface area contributed by atoms with Gasteiger partial charge in [0.2, 0.25) is 0 Å². The van der Waals surface area contributed by atoms with Crippen molar-refractivity contribution in [1.82, 2.24) is 0 Å². The van der Waals surface area contributed by atoms with E-state index in [0.717, 1.165) is 5.56 Å². The van der Waals surface area contributed by atoms with Gasteiger partial charge in [-0.3, -0.25) is 5.09 Å². The molecule has 138 valence electrons. The summed E-state index contributed by atoms with van der Waals surface area (Å²) in [6.45, 7) is 1.84. The fourth-order valence-corrected chi connectivity index (χ4v) is 6.85. The zero-order valence-corrected chi connectivity index (χ0v) is 16.1. The summed E-state index contributed by atoms with van der Waals surface area (Å²) in [6.07, 6.45) is 0. The minimum Gasteiger partial charge on any atom is -0.312 e. The molecule has 1 unspecified atom stereocenters. The molecule has 0 radical (unpaired) electrons. The fraction of sp³-hybridized carbons (Fsp3) is 0.0526. The van der Waals surface area contributed by atoms with Crippen LogP contribution in [-0.4, -0.2) is 13.3 Å². The summed E-state index contributed by atoms with van der Waals surface area (Å²) in [5.41, 5.74) is 2.66. The molecule has 8 heteroatoms. The van der Waals surface area contributed by atoms with Gasteiger partial charge in [-0.1, -0.05) is 54.1 Å². The minimum absolute atomic E-state index is 0.0510. The SMILES string of the molecule is Cc1ccc(S(=O)(=O)N2c3ccccc3-c3ccccc3NP2(=O)O)cc1. The normalized spacial score (nSPS) is 18.8. The van der Waals surface area contributed by atoms with Crippen molar-refractivity contribution in [1.29, 1.82) is 0 Å². The molecule has 3 aromatic carbocycles. The lowest BCUT2D eigenvalue weighted by Gasteiger charge is -2.28. The Morgan fingerprint density at radius 2 is 1.48 bits per heavy atom. The highest BCUT2D eigenvalue weighted by atomic mass is 32.2. The van der Waals surface area contributed by atoms with Crippen molar-refractivity contribution in [2.45, 2.75) is 11.8 Å². The van der Waals surface area contributed by atoms with E-state index in [1.165, 1.54) is 18.2 Å². The second-order valence-corrected chi connectivity index (χ2v) is 10.0. The predicted molar refractivity (Wildman–Crippen MR) is 106 cm³/mol. The highest BCUT2D eigenvalue weighted by Gasteiger charge is 2.43. The van der Waals surface area contributed by atoms with Crippen LogP contribution in [-0.2, 0) is 14.6 Å². The van der Waals surface area contributed by atoms with Crippen LogP contribution >= 0.6 is 7.67 Å². The van der Waals surface area contributed by atoms with Crippen LogP contribution in [0.4, 0.5) is 11.4 Å². The van der Waals surface area contributed by atoms with Crippen molar-refractivity contribution < 1.29 is 17.9 Å². The van der Waals surface area contributed by atoms with Gasteiger partial charge in [0.05, 0.1) is 16.3 Å². The van der Waals surface area contributed by atoms with E-state index in [9.17, 15) is 17.9 Å². The highest BCUT2D eigenvalue weighted by Crippen LogP contribution is 2.57. The molecule has 27 heavy (non-hydrogen) atoms. The molecule has 0 fully saturated rings. The van der Waals surface area contributed by atoms with Crippen molar-refractivity contribution in [2.24, 2.45) is 0 Å². The van der Waals surface area contributed by atoms with Crippen molar-refractivity contribution in [3.63, 3.8) is 0 Å². The average Bonchev–Trinajstić information content (AvgIpc) is 2.72. The Morgan fingerprint density at radius 3 is 2.19 bits per heavy atom. The number of sulfonamides is 1. The van der Waals surface area contributed by atoms with Crippen molar-refractivity contribution in [3.8, 4) is 11.1 Å². The Bertz CT molecular complexity index is 1180. The van der Waals surface area contributed by atoms with Crippen molar-refractivity contribution in [2.75, 3.05) is 9.16 Å². The van der Waals surface area contributed by atoms with Gasteiger partial charge in [0, 0.05) is 11.1 Å². The molecule has 0 spiro atoms. The van der Waals surface area contributed by atoms with E-state index < -0.39 is 17.7 Å². The first-order valence-electron chi connectivity index (χ1n) is 8.23. The Morgan fingerprint density at radius 1 is 0.889 bits per heavy atom. The number of nitrogens with one attached hydrogen (secondary N) is 1. The number of anilines is 2. The molecule has 1 aliphatic rings. The maximum Gasteiger partial charge on any atom is 0.405 e. The van der Waals surface area contributed by atoms with Crippen LogP contribution in [0, 0.1) is 6.92 Å². The average molecular weight is 400 g/mol. The van der Waals surface area contributed by atoms with Crippen LogP contribution in [0.5, 0.6) is 0 Å². The quantitative estimate of drug-likeness (QED) is 0.624. The highest BCUT2D eigenvalue weighted by molar-refractivity contribution is 8.00. The van der Waals surface area contributed by atoms with Crippen LogP contribution in [0.2, 0.25) is 0 Å². The number of aryl methyl sites for hydroxylation is 1. The standard InChI is InChI=1S/C19H17N2O4PS/c1-14-10-12-15(13-11-14)27(24,25)21-19-9-5-3-7-17(19)16-6-2-4-8-18(16)20-26(21,22)23/h2-13H,1H3,(H2,20,22,23). The third-order valence-electron chi connectivity index (χ3n) is 4.39. The first-order chi connectivity index (χ1) is 12.8. The van der Waals surface area contributed by atoms with Gasteiger partial charge in [-0.2, -0.15) is 4.08 Å². The summed E-state index contributed by atoms with van der Waals surface area (Å²) in [7, 11) is -8.79. The van der Waals surface area contributed by atoms with Crippen molar-refractivity contribution >= 4 is 29.1 Å². The summed E-state index contributed by atoms with van der Waals surface area (Å²) < 4.78 is 40.5. The van der Waals surface area contributed by atoms with Crippen LogP contribution in [0.25, 0.3) is 11.1 Å². The molecule has 0 bridgehead atoms. The number of fused-ring (bicyclic) bond motifs is 3. The zero-order chi connectivity index (χ0) is 19.2. The van der Waals surface area contributed by atoms with E-state index >= 15 is 0 Å². The predicted octanol–water partition coefficient (Wildman–Crippen LogP) is 4.38. The fourth-order valence-electron chi connectivity index (χ4n) is 3.12. The monoisotopic (exact) mass is 400 g/mol. The molecular weight excluding hydrogens is 383 g/mol. The van der Waals surface area contributed by atoms with Crippen LogP contribution in [0.1, 0.15) is 5.56 Å². The van der Waals surface area contributed by atoms with Gasteiger partial charge in [0.25, 0.3) is 10.0 Å². The van der Waals surface area contributed by atoms with Gasteiger partial charge >= 0.3 is 7.67 Å². The molecule has 1 heterocycles. The molecule has 4 rings (SSSR count). The van der Waals surface area contributed by atoms with Crippen LogP contribution < -0.4 is 9.16 Å². The number of benzene rings is 3. The van der Waals surface area contributed by atoms with Gasteiger partial charge in [0.1, 0.15) is 0 Å². The van der Waals surface area contributed by atoms with Gasteiger partial charge in [0.15, 0.2) is 0 Å². The number of para-hydroxylation sites is 2. The lowest BCUT2D eigenvalue weighted by atomic mass is 10.0. The van der Waals surface area contributed by atoms with Gasteiger partial charge < -0.3 is 4.89 Å². The van der Waals surface area contributed by atoms with Crippen molar-refractivity contribution in [3.05, 3.63) is 78.4 Å². The number of nitrogens with zero attached hydrogens (tertiary/aromatic N) is 1. The topological polar surface area (TPSA) is 86.7 Å². The molecule has 1 atom stereocenters. The van der Waals surface area contributed by atoms with E-state index in [4.69, 9.17) is 0 Å². The third-order valence-corrected chi connectivity index (χ3v) is 8.46. The van der Waals surface area contributed by atoms with Gasteiger partial charge in [-0.05, 0) is 31.2 Å². The molecule has 2 N–H and O–H groups in total. The summed E-state index contributed by atoms with van der Waals surface area (Å²) >= 11 is 0. The Balaban J connectivity index is 2.01. The lowest BCUT2D eigenvalue weighted by Crippen LogP contribution is -2.30. The first-order valence-corrected chi connectivity index (χ1v) is 11.3. The number of hydrogen-bond donors (Lipinski definition) is 2. The maximum absolute atomic E-state index is 13.3. The summed E-state index contributed by atoms with van der Waals surface area (Å²) in [5, 5.41) is 2.54.